The zero-order valence-electron chi connectivity index (χ0n) is 10.1. The van der Waals surface area contributed by atoms with Gasteiger partial charge in [0.15, 0.2) is 0 Å². The summed E-state index contributed by atoms with van der Waals surface area (Å²) in [7, 11) is 0. The van der Waals surface area contributed by atoms with E-state index in [9.17, 15) is 5.11 Å². The molecule has 0 aromatic carbocycles. The lowest BCUT2D eigenvalue weighted by atomic mass is 9.97. The van der Waals surface area contributed by atoms with Gasteiger partial charge < -0.3 is 14.8 Å². The standard InChI is InChI=1S/C12H20BrNO2/c1-4-12(15,5-2)8-14-9(3)11-10(13)6-7-16-11/h6-7,9,14-15H,4-5,8H2,1-3H3. The van der Waals surface area contributed by atoms with E-state index >= 15 is 0 Å². The maximum Gasteiger partial charge on any atom is 0.134 e. The molecule has 2 N–H and O–H groups in total. The minimum Gasteiger partial charge on any atom is -0.466 e. The normalized spacial score (nSPS) is 14.1. The lowest BCUT2D eigenvalue weighted by Gasteiger charge is -2.27. The summed E-state index contributed by atoms with van der Waals surface area (Å²) in [5.74, 6) is 0.870. The summed E-state index contributed by atoms with van der Waals surface area (Å²) in [4.78, 5) is 0. The van der Waals surface area contributed by atoms with E-state index in [0.29, 0.717) is 6.54 Å². The number of aliphatic hydroxyl groups is 1. The van der Waals surface area contributed by atoms with Crippen LogP contribution in [-0.2, 0) is 0 Å². The molecule has 92 valence electrons. The van der Waals surface area contributed by atoms with Crippen LogP contribution < -0.4 is 5.32 Å². The Morgan fingerprint density at radius 3 is 2.56 bits per heavy atom. The van der Waals surface area contributed by atoms with Gasteiger partial charge in [-0.25, -0.2) is 0 Å². The SMILES string of the molecule is CCC(O)(CC)CNC(C)c1occc1Br. The predicted molar refractivity (Wildman–Crippen MR) is 68.4 cm³/mol. The minimum atomic E-state index is -0.618. The average molecular weight is 290 g/mol. The van der Waals surface area contributed by atoms with Crippen LogP contribution in [-0.4, -0.2) is 17.3 Å². The third kappa shape index (κ3) is 3.34. The Balaban J connectivity index is 2.53. The number of nitrogens with one attached hydrogen (secondary N) is 1. The molecule has 0 amide bonds. The van der Waals surface area contributed by atoms with E-state index in [-0.39, 0.29) is 6.04 Å². The lowest BCUT2D eigenvalue weighted by molar-refractivity contribution is 0.0297. The second-order valence-electron chi connectivity index (χ2n) is 4.17. The number of halogens is 1. The van der Waals surface area contributed by atoms with Crippen molar-refractivity contribution in [3.05, 3.63) is 22.6 Å². The van der Waals surface area contributed by atoms with Crippen LogP contribution in [0.25, 0.3) is 0 Å². The first kappa shape index (κ1) is 13.7. The number of rotatable bonds is 6. The first-order valence-electron chi connectivity index (χ1n) is 5.71. The number of hydrogen-bond donors (Lipinski definition) is 2. The average Bonchev–Trinajstić information content (AvgIpc) is 2.72. The van der Waals surface area contributed by atoms with Crippen LogP contribution in [0.3, 0.4) is 0 Å². The maximum absolute atomic E-state index is 10.1. The van der Waals surface area contributed by atoms with Crippen molar-refractivity contribution in [2.75, 3.05) is 6.54 Å². The molecule has 1 rings (SSSR count). The fourth-order valence-electron chi connectivity index (χ4n) is 1.55. The van der Waals surface area contributed by atoms with Gasteiger partial charge in [-0.05, 0) is 41.8 Å². The molecular formula is C12H20BrNO2. The Morgan fingerprint density at radius 1 is 1.50 bits per heavy atom. The first-order valence-corrected chi connectivity index (χ1v) is 6.50. The van der Waals surface area contributed by atoms with Crippen molar-refractivity contribution in [1.29, 1.82) is 0 Å². The summed E-state index contributed by atoms with van der Waals surface area (Å²) >= 11 is 3.43. The van der Waals surface area contributed by atoms with Gasteiger partial charge in [-0.1, -0.05) is 13.8 Å². The van der Waals surface area contributed by atoms with Crippen molar-refractivity contribution >= 4 is 15.9 Å². The van der Waals surface area contributed by atoms with Gasteiger partial charge in [0.1, 0.15) is 5.76 Å². The summed E-state index contributed by atoms with van der Waals surface area (Å²) in [5.41, 5.74) is -0.618. The zero-order chi connectivity index (χ0) is 12.2. The van der Waals surface area contributed by atoms with Gasteiger partial charge in [-0.15, -0.1) is 0 Å². The molecule has 1 heterocycles. The van der Waals surface area contributed by atoms with Crippen molar-refractivity contribution in [2.45, 2.75) is 45.3 Å². The van der Waals surface area contributed by atoms with Crippen molar-refractivity contribution in [3.8, 4) is 0 Å². The van der Waals surface area contributed by atoms with E-state index in [0.717, 1.165) is 23.1 Å². The van der Waals surface area contributed by atoms with E-state index in [1.54, 1.807) is 6.26 Å². The van der Waals surface area contributed by atoms with Crippen LogP contribution in [0.4, 0.5) is 0 Å². The second-order valence-corrected chi connectivity index (χ2v) is 5.02. The summed E-state index contributed by atoms with van der Waals surface area (Å²) in [5, 5.41) is 13.4. The van der Waals surface area contributed by atoms with E-state index in [2.05, 4.69) is 21.2 Å². The molecule has 3 nitrogen and oxygen atoms in total. The molecule has 0 fully saturated rings. The quantitative estimate of drug-likeness (QED) is 0.845. The Bertz CT molecular complexity index is 321. The third-order valence-electron chi connectivity index (χ3n) is 3.09. The molecule has 0 radical (unpaired) electrons. The lowest BCUT2D eigenvalue weighted by Crippen LogP contribution is -2.40. The molecule has 0 aliphatic rings. The molecule has 0 saturated heterocycles. The molecule has 0 aliphatic carbocycles. The van der Waals surface area contributed by atoms with Crippen LogP contribution in [0.2, 0.25) is 0 Å². The molecule has 1 atom stereocenters. The predicted octanol–water partition coefficient (Wildman–Crippen LogP) is 3.24. The smallest absolute Gasteiger partial charge is 0.134 e. The van der Waals surface area contributed by atoms with Gasteiger partial charge in [-0.3, -0.25) is 0 Å². The monoisotopic (exact) mass is 289 g/mol. The fourth-order valence-corrected chi connectivity index (χ4v) is 2.09. The Morgan fingerprint density at radius 2 is 2.12 bits per heavy atom. The topological polar surface area (TPSA) is 45.4 Å². The molecule has 0 saturated carbocycles. The van der Waals surface area contributed by atoms with Gasteiger partial charge in [0, 0.05) is 6.54 Å². The van der Waals surface area contributed by atoms with Gasteiger partial charge in [-0.2, -0.15) is 0 Å². The maximum atomic E-state index is 10.1. The van der Waals surface area contributed by atoms with Crippen LogP contribution in [0.1, 0.15) is 45.4 Å². The van der Waals surface area contributed by atoms with Crippen LogP contribution in [0.5, 0.6) is 0 Å². The van der Waals surface area contributed by atoms with Gasteiger partial charge >= 0.3 is 0 Å². The molecule has 0 aliphatic heterocycles. The third-order valence-corrected chi connectivity index (χ3v) is 3.75. The van der Waals surface area contributed by atoms with Crippen molar-refractivity contribution in [3.63, 3.8) is 0 Å². The summed E-state index contributed by atoms with van der Waals surface area (Å²) in [6.45, 7) is 6.60. The van der Waals surface area contributed by atoms with Gasteiger partial charge in [0.2, 0.25) is 0 Å². The number of furan rings is 1. The molecule has 4 heteroatoms. The molecule has 1 unspecified atom stereocenters. The highest BCUT2D eigenvalue weighted by molar-refractivity contribution is 9.10. The highest BCUT2D eigenvalue weighted by Crippen LogP contribution is 2.25. The molecule has 16 heavy (non-hydrogen) atoms. The summed E-state index contributed by atoms with van der Waals surface area (Å²) in [6.07, 6.45) is 3.16. The van der Waals surface area contributed by atoms with Crippen molar-refractivity contribution in [1.82, 2.24) is 5.32 Å². The Labute approximate surface area is 105 Å². The molecule has 0 spiro atoms. The summed E-state index contributed by atoms with van der Waals surface area (Å²) < 4.78 is 6.33. The Hall–Kier alpha value is -0.320. The highest BCUT2D eigenvalue weighted by atomic mass is 79.9. The van der Waals surface area contributed by atoms with E-state index in [1.807, 2.05) is 26.8 Å². The minimum absolute atomic E-state index is 0.0917. The number of hydrogen-bond acceptors (Lipinski definition) is 3. The van der Waals surface area contributed by atoms with Crippen molar-refractivity contribution in [2.24, 2.45) is 0 Å². The highest BCUT2D eigenvalue weighted by Gasteiger charge is 2.23. The summed E-state index contributed by atoms with van der Waals surface area (Å²) in [6, 6.07) is 1.97. The van der Waals surface area contributed by atoms with E-state index in [4.69, 9.17) is 4.42 Å². The van der Waals surface area contributed by atoms with E-state index in [1.165, 1.54) is 0 Å². The molecular weight excluding hydrogens is 270 g/mol. The molecule has 0 bridgehead atoms. The zero-order valence-corrected chi connectivity index (χ0v) is 11.7. The second kappa shape index (κ2) is 5.84. The fraction of sp³-hybridized carbons (Fsp3) is 0.667. The van der Waals surface area contributed by atoms with Crippen molar-refractivity contribution < 1.29 is 9.52 Å². The van der Waals surface area contributed by atoms with Gasteiger partial charge in [0.05, 0.1) is 22.4 Å². The van der Waals surface area contributed by atoms with Gasteiger partial charge in [0.25, 0.3) is 0 Å². The van der Waals surface area contributed by atoms with E-state index < -0.39 is 5.60 Å². The molecule has 1 aromatic heterocycles. The van der Waals surface area contributed by atoms with Crippen LogP contribution >= 0.6 is 15.9 Å². The largest absolute Gasteiger partial charge is 0.466 e. The molecule has 1 aromatic rings. The van der Waals surface area contributed by atoms with Crippen LogP contribution in [0, 0.1) is 0 Å². The first-order chi connectivity index (χ1) is 7.52. The van der Waals surface area contributed by atoms with Crippen LogP contribution in [0.15, 0.2) is 21.2 Å². The Kier molecular flexibility index (Phi) is 5.02.